The van der Waals surface area contributed by atoms with Gasteiger partial charge in [0.15, 0.2) is 4.34 Å². The van der Waals surface area contributed by atoms with Crippen LogP contribution >= 0.6 is 23.1 Å². The summed E-state index contributed by atoms with van der Waals surface area (Å²) in [6.45, 7) is 2.04. The van der Waals surface area contributed by atoms with Crippen molar-refractivity contribution in [3.63, 3.8) is 0 Å². The highest BCUT2D eigenvalue weighted by molar-refractivity contribution is 8.01. The quantitative estimate of drug-likeness (QED) is 0.672. The fourth-order valence-electron chi connectivity index (χ4n) is 2.91. The summed E-state index contributed by atoms with van der Waals surface area (Å²) in [5, 5.41) is 10.7. The molecule has 130 valence electrons. The normalized spacial score (nSPS) is 15.5. The van der Waals surface area contributed by atoms with Gasteiger partial charge in [0.05, 0.1) is 33.9 Å². The molecule has 1 aromatic carbocycles. The molecule has 1 fully saturated rings. The van der Waals surface area contributed by atoms with Gasteiger partial charge in [-0.1, -0.05) is 23.9 Å². The number of thiazole rings is 1. The van der Waals surface area contributed by atoms with Gasteiger partial charge in [0.2, 0.25) is 5.91 Å². The summed E-state index contributed by atoms with van der Waals surface area (Å²) < 4.78 is 4.03. The van der Waals surface area contributed by atoms with Gasteiger partial charge in [-0.2, -0.15) is 5.10 Å². The van der Waals surface area contributed by atoms with Crippen LogP contribution in [0.1, 0.15) is 18.9 Å². The lowest BCUT2D eigenvalue weighted by atomic mass is 10.1. The number of nitrogens with zero attached hydrogens (tertiary/aromatic N) is 3. The Morgan fingerprint density at radius 3 is 3.04 bits per heavy atom. The predicted molar refractivity (Wildman–Crippen MR) is 102 cm³/mol. The third-order valence-electron chi connectivity index (χ3n) is 4.17. The molecule has 3 aromatic rings. The number of benzene rings is 1. The summed E-state index contributed by atoms with van der Waals surface area (Å²) in [4.78, 5) is 16.7. The average Bonchev–Trinajstić information content (AvgIpc) is 3.27. The lowest BCUT2D eigenvalue weighted by molar-refractivity contribution is -0.113. The zero-order valence-corrected chi connectivity index (χ0v) is 15.3. The van der Waals surface area contributed by atoms with Crippen molar-refractivity contribution >= 4 is 44.9 Å². The standard InChI is InChI=1S/C17H19N5OS2/c23-16(11-24-17-21-14-3-1-2-4-15(14)25-17)20-12-9-19-22(10-12)13-5-7-18-8-6-13/h1-4,9-10,13,18H,5-8,11H2,(H,20,23). The van der Waals surface area contributed by atoms with Gasteiger partial charge in [0.25, 0.3) is 0 Å². The van der Waals surface area contributed by atoms with Crippen molar-refractivity contribution in [3.05, 3.63) is 36.7 Å². The van der Waals surface area contributed by atoms with Gasteiger partial charge in [0.1, 0.15) is 0 Å². The number of anilines is 1. The van der Waals surface area contributed by atoms with E-state index < -0.39 is 0 Å². The number of fused-ring (bicyclic) bond motifs is 1. The highest BCUT2D eigenvalue weighted by Gasteiger charge is 2.16. The molecule has 1 aliphatic heterocycles. The molecule has 1 amide bonds. The molecule has 0 unspecified atom stereocenters. The summed E-state index contributed by atoms with van der Waals surface area (Å²) in [6, 6.07) is 8.44. The van der Waals surface area contributed by atoms with Crippen LogP contribution in [0.2, 0.25) is 0 Å². The maximum atomic E-state index is 12.2. The molecule has 8 heteroatoms. The molecule has 4 rings (SSSR count). The smallest absolute Gasteiger partial charge is 0.234 e. The highest BCUT2D eigenvalue weighted by atomic mass is 32.2. The van der Waals surface area contributed by atoms with Crippen LogP contribution in [-0.4, -0.2) is 39.5 Å². The zero-order valence-electron chi connectivity index (χ0n) is 13.6. The SMILES string of the molecule is O=C(CSc1nc2ccccc2s1)Nc1cnn(C2CCNCC2)c1. The van der Waals surface area contributed by atoms with E-state index in [1.807, 2.05) is 35.1 Å². The van der Waals surface area contributed by atoms with Crippen molar-refractivity contribution < 1.29 is 4.79 Å². The van der Waals surface area contributed by atoms with Gasteiger partial charge >= 0.3 is 0 Å². The lowest BCUT2D eigenvalue weighted by Crippen LogP contribution is -2.29. The number of amides is 1. The minimum absolute atomic E-state index is 0.0332. The van der Waals surface area contributed by atoms with Crippen LogP contribution in [0, 0.1) is 0 Å². The van der Waals surface area contributed by atoms with Crippen molar-refractivity contribution in [2.24, 2.45) is 0 Å². The number of rotatable bonds is 5. The molecule has 6 nitrogen and oxygen atoms in total. The molecule has 0 saturated carbocycles. The summed E-state index contributed by atoms with van der Waals surface area (Å²) in [5.74, 6) is 0.312. The summed E-state index contributed by atoms with van der Waals surface area (Å²) in [6.07, 6.45) is 5.80. The van der Waals surface area contributed by atoms with E-state index in [0.29, 0.717) is 11.8 Å². The van der Waals surface area contributed by atoms with E-state index in [9.17, 15) is 4.79 Å². The molecule has 0 aliphatic carbocycles. The Bertz CT molecular complexity index is 836. The molecule has 0 spiro atoms. The van der Waals surface area contributed by atoms with Crippen LogP contribution in [0.5, 0.6) is 0 Å². The van der Waals surface area contributed by atoms with Gasteiger partial charge < -0.3 is 10.6 Å². The van der Waals surface area contributed by atoms with Crippen molar-refractivity contribution in [2.45, 2.75) is 23.2 Å². The Balaban J connectivity index is 1.32. The third kappa shape index (κ3) is 4.02. The fourth-order valence-corrected chi connectivity index (χ4v) is 4.78. The first-order valence-corrected chi connectivity index (χ1v) is 10.1. The predicted octanol–water partition coefficient (Wildman–Crippen LogP) is 3.15. The van der Waals surface area contributed by atoms with Crippen molar-refractivity contribution in [1.82, 2.24) is 20.1 Å². The van der Waals surface area contributed by atoms with Crippen molar-refractivity contribution in [3.8, 4) is 0 Å². The number of para-hydroxylation sites is 1. The van der Waals surface area contributed by atoms with E-state index in [-0.39, 0.29) is 5.91 Å². The molecule has 1 aliphatic rings. The first kappa shape index (κ1) is 16.6. The number of nitrogens with one attached hydrogen (secondary N) is 2. The van der Waals surface area contributed by atoms with Crippen LogP contribution in [0.3, 0.4) is 0 Å². The van der Waals surface area contributed by atoms with Gasteiger partial charge in [-0.3, -0.25) is 9.48 Å². The van der Waals surface area contributed by atoms with Crippen molar-refractivity contribution in [2.75, 3.05) is 24.2 Å². The molecule has 0 bridgehead atoms. The van der Waals surface area contributed by atoms with Crippen LogP contribution in [0.4, 0.5) is 5.69 Å². The molecule has 0 atom stereocenters. The number of thioether (sulfide) groups is 1. The van der Waals surface area contributed by atoms with Gasteiger partial charge in [-0.15, -0.1) is 11.3 Å². The molecule has 2 N–H and O–H groups in total. The molecule has 2 aromatic heterocycles. The van der Waals surface area contributed by atoms with Gasteiger partial charge in [-0.05, 0) is 38.1 Å². The second-order valence-corrected chi connectivity index (χ2v) is 8.23. The third-order valence-corrected chi connectivity index (χ3v) is 6.35. The molecular formula is C17H19N5OS2. The van der Waals surface area contributed by atoms with Crippen LogP contribution in [0.15, 0.2) is 41.0 Å². The number of hydrogen-bond donors (Lipinski definition) is 2. The second kappa shape index (κ2) is 7.55. The first-order chi connectivity index (χ1) is 12.3. The molecule has 0 radical (unpaired) electrons. The van der Waals surface area contributed by atoms with E-state index in [4.69, 9.17) is 0 Å². The second-order valence-electron chi connectivity index (χ2n) is 5.97. The maximum Gasteiger partial charge on any atom is 0.234 e. The summed E-state index contributed by atoms with van der Waals surface area (Å²) in [5.41, 5.74) is 1.74. The number of aromatic nitrogens is 3. The largest absolute Gasteiger partial charge is 0.323 e. The minimum Gasteiger partial charge on any atom is -0.323 e. The molecule has 25 heavy (non-hydrogen) atoms. The van der Waals surface area contributed by atoms with Crippen LogP contribution < -0.4 is 10.6 Å². The summed E-state index contributed by atoms with van der Waals surface area (Å²) >= 11 is 3.09. The Kier molecular flexibility index (Phi) is 5.00. The monoisotopic (exact) mass is 373 g/mol. The van der Waals surface area contributed by atoms with E-state index in [0.717, 1.165) is 46.2 Å². The van der Waals surface area contributed by atoms with Crippen molar-refractivity contribution in [1.29, 1.82) is 0 Å². The minimum atomic E-state index is -0.0332. The van der Waals surface area contributed by atoms with E-state index in [1.165, 1.54) is 11.8 Å². The van der Waals surface area contributed by atoms with Crippen LogP contribution in [0.25, 0.3) is 10.2 Å². The fraction of sp³-hybridized carbons (Fsp3) is 0.353. The lowest BCUT2D eigenvalue weighted by Gasteiger charge is -2.22. The molecule has 3 heterocycles. The van der Waals surface area contributed by atoms with E-state index in [1.54, 1.807) is 17.5 Å². The zero-order chi connectivity index (χ0) is 17.1. The number of piperidine rings is 1. The Morgan fingerprint density at radius 2 is 2.20 bits per heavy atom. The topological polar surface area (TPSA) is 71.8 Å². The molecular weight excluding hydrogens is 354 g/mol. The van der Waals surface area contributed by atoms with E-state index in [2.05, 4.69) is 20.7 Å². The van der Waals surface area contributed by atoms with Gasteiger partial charge in [-0.25, -0.2) is 4.98 Å². The highest BCUT2D eigenvalue weighted by Crippen LogP contribution is 2.29. The number of hydrogen-bond acceptors (Lipinski definition) is 6. The summed E-state index contributed by atoms with van der Waals surface area (Å²) in [7, 11) is 0. The van der Waals surface area contributed by atoms with Gasteiger partial charge in [0, 0.05) is 6.20 Å². The average molecular weight is 374 g/mol. The number of carbonyl (C=O) groups excluding carboxylic acids is 1. The first-order valence-electron chi connectivity index (χ1n) is 8.31. The van der Waals surface area contributed by atoms with Crippen LogP contribution in [-0.2, 0) is 4.79 Å². The molecule has 1 saturated heterocycles. The van der Waals surface area contributed by atoms with E-state index >= 15 is 0 Å². The Hall–Kier alpha value is -1.90. The maximum absolute atomic E-state index is 12.2. The Labute approximate surface area is 154 Å². The Morgan fingerprint density at radius 1 is 1.36 bits per heavy atom. The number of carbonyl (C=O) groups is 1.